The summed E-state index contributed by atoms with van der Waals surface area (Å²) in [6.45, 7) is 7.77. The molecule has 1 aromatic carbocycles. The van der Waals surface area contributed by atoms with Crippen LogP contribution in [0.15, 0.2) is 12.1 Å². The summed E-state index contributed by atoms with van der Waals surface area (Å²) < 4.78 is 0. The number of carbonyl (C=O) groups is 1. The predicted octanol–water partition coefficient (Wildman–Crippen LogP) is 2.41. The zero-order valence-corrected chi connectivity index (χ0v) is 11.1. The maximum Gasteiger partial charge on any atom is 0.248 e. The molecule has 0 spiro atoms. The second-order valence-corrected chi connectivity index (χ2v) is 4.63. The van der Waals surface area contributed by atoms with Crippen molar-refractivity contribution in [3.63, 3.8) is 0 Å². The topological polar surface area (TPSA) is 71.8 Å². The molecule has 18 heavy (non-hydrogen) atoms. The minimum atomic E-state index is -0.400. The van der Waals surface area contributed by atoms with Crippen LogP contribution in [0.5, 0.6) is 0 Å². The van der Waals surface area contributed by atoms with Gasteiger partial charge in [-0.25, -0.2) is 4.98 Å². The van der Waals surface area contributed by atoms with Crippen molar-refractivity contribution in [2.75, 3.05) is 0 Å². The summed E-state index contributed by atoms with van der Waals surface area (Å²) in [7, 11) is 0. The molecule has 94 valence electrons. The van der Waals surface area contributed by atoms with Crippen molar-refractivity contribution in [1.82, 2.24) is 9.97 Å². The molecule has 1 aromatic heterocycles. The van der Waals surface area contributed by atoms with Gasteiger partial charge in [0.25, 0.3) is 0 Å². The largest absolute Gasteiger partial charge is 0.366 e. The number of carbonyl (C=O) groups excluding carboxylic acids is 1. The maximum atomic E-state index is 11.4. The van der Waals surface area contributed by atoms with Gasteiger partial charge in [0.05, 0.1) is 11.4 Å². The number of imidazole rings is 1. The smallest absolute Gasteiger partial charge is 0.248 e. The molecule has 3 N–H and O–H groups in total. The van der Waals surface area contributed by atoms with Gasteiger partial charge in [0.1, 0.15) is 5.82 Å². The Hall–Kier alpha value is -2.10. The monoisotopic (exact) mass is 243 g/mol. The summed E-state index contributed by atoms with van der Waals surface area (Å²) in [5.74, 6) is 0.464. The Morgan fingerprint density at radius 2 is 1.83 bits per heavy atom. The SMILES string of the molecule is Cc1nc(C)c(-c2cc(C(N)=O)c(C)cc2C)[nH]1. The van der Waals surface area contributed by atoms with E-state index in [2.05, 4.69) is 9.97 Å². The van der Waals surface area contributed by atoms with Gasteiger partial charge >= 0.3 is 0 Å². The van der Waals surface area contributed by atoms with E-state index in [0.29, 0.717) is 5.56 Å². The molecule has 0 bridgehead atoms. The molecule has 0 aliphatic heterocycles. The van der Waals surface area contributed by atoms with Gasteiger partial charge < -0.3 is 10.7 Å². The lowest BCUT2D eigenvalue weighted by Crippen LogP contribution is -2.13. The van der Waals surface area contributed by atoms with Gasteiger partial charge in [0, 0.05) is 11.1 Å². The first kappa shape index (κ1) is 12.4. The maximum absolute atomic E-state index is 11.4. The average Bonchev–Trinajstić information content (AvgIpc) is 2.57. The predicted molar refractivity (Wildman–Crippen MR) is 71.5 cm³/mol. The number of amides is 1. The molecule has 0 aliphatic rings. The lowest BCUT2D eigenvalue weighted by atomic mass is 9.97. The van der Waals surface area contributed by atoms with Crippen LogP contribution in [-0.2, 0) is 0 Å². The van der Waals surface area contributed by atoms with Crippen LogP contribution in [0.2, 0.25) is 0 Å². The van der Waals surface area contributed by atoms with Gasteiger partial charge in [-0.15, -0.1) is 0 Å². The van der Waals surface area contributed by atoms with Crippen LogP contribution >= 0.6 is 0 Å². The molecule has 1 amide bonds. The number of aromatic nitrogens is 2. The molecule has 2 aromatic rings. The number of rotatable bonds is 2. The van der Waals surface area contributed by atoms with Crippen molar-refractivity contribution in [3.8, 4) is 11.3 Å². The molecule has 1 heterocycles. The summed E-state index contributed by atoms with van der Waals surface area (Å²) in [5.41, 5.74) is 10.8. The van der Waals surface area contributed by atoms with Crippen LogP contribution in [0.4, 0.5) is 0 Å². The van der Waals surface area contributed by atoms with E-state index in [4.69, 9.17) is 5.73 Å². The van der Waals surface area contributed by atoms with Gasteiger partial charge in [-0.1, -0.05) is 6.07 Å². The number of nitrogens with one attached hydrogen (secondary N) is 1. The summed E-state index contributed by atoms with van der Waals surface area (Å²) in [6, 6.07) is 3.82. The second kappa shape index (κ2) is 4.29. The molecule has 4 nitrogen and oxygen atoms in total. The molecule has 0 radical (unpaired) electrons. The highest BCUT2D eigenvalue weighted by Gasteiger charge is 2.13. The highest BCUT2D eigenvalue weighted by atomic mass is 16.1. The third-order valence-electron chi connectivity index (χ3n) is 3.11. The summed E-state index contributed by atoms with van der Waals surface area (Å²) in [5, 5.41) is 0. The van der Waals surface area contributed by atoms with Gasteiger partial charge in [0.15, 0.2) is 0 Å². The molecular weight excluding hydrogens is 226 g/mol. The number of hydrogen-bond acceptors (Lipinski definition) is 2. The molecule has 0 atom stereocenters. The number of nitrogens with zero attached hydrogens (tertiary/aromatic N) is 1. The van der Waals surface area contributed by atoms with Crippen LogP contribution in [0, 0.1) is 27.7 Å². The Kier molecular flexibility index (Phi) is 2.95. The summed E-state index contributed by atoms with van der Waals surface area (Å²) >= 11 is 0. The number of aromatic amines is 1. The number of nitrogens with two attached hydrogens (primary N) is 1. The minimum Gasteiger partial charge on any atom is -0.366 e. The summed E-state index contributed by atoms with van der Waals surface area (Å²) in [4.78, 5) is 19.0. The van der Waals surface area contributed by atoms with E-state index in [9.17, 15) is 4.79 Å². The lowest BCUT2D eigenvalue weighted by Gasteiger charge is -2.09. The average molecular weight is 243 g/mol. The highest BCUT2D eigenvalue weighted by Crippen LogP contribution is 2.27. The van der Waals surface area contributed by atoms with Crippen LogP contribution in [0.3, 0.4) is 0 Å². The molecule has 2 rings (SSSR count). The Bertz CT molecular complexity index is 626. The van der Waals surface area contributed by atoms with Crippen molar-refractivity contribution in [1.29, 1.82) is 0 Å². The number of primary amides is 1. The number of benzene rings is 1. The molecule has 0 fully saturated rings. The van der Waals surface area contributed by atoms with Crippen molar-refractivity contribution in [2.24, 2.45) is 5.73 Å². The quantitative estimate of drug-likeness (QED) is 0.850. The molecule has 4 heteroatoms. The van der Waals surface area contributed by atoms with Gasteiger partial charge in [-0.05, 0) is 44.9 Å². The van der Waals surface area contributed by atoms with Gasteiger partial charge in [0.2, 0.25) is 5.91 Å². The second-order valence-electron chi connectivity index (χ2n) is 4.63. The fraction of sp³-hybridized carbons (Fsp3) is 0.286. The van der Waals surface area contributed by atoms with Crippen molar-refractivity contribution in [3.05, 3.63) is 40.3 Å². The van der Waals surface area contributed by atoms with Crippen molar-refractivity contribution >= 4 is 5.91 Å². The Labute approximate surface area is 106 Å². The third-order valence-corrected chi connectivity index (χ3v) is 3.11. The number of aryl methyl sites for hydroxylation is 4. The van der Waals surface area contributed by atoms with Crippen LogP contribution in [-0.4, -0.2) is 15.9 Å². The Morgan fingerprint density at radius 1 is 1.17 bits per heavy atom. The van der Waals surface area contributed by atoms with E-state index in [1.165, 1.54) is 0 Å². The van der Waals surface area contributed by atoms with E-state index in [-0.39, 0.29) is 0 Å². The normalized spacial score (nSPS) is 10.7. The first-order valence-electron chi connectivity index (χ1n) is 5.84. The first-order valence-corrected chi connectivity index (χ1v) is 5.84. The Balaban J connectivity index is 2.68. The third kappa shape index (κ3) is 2.01. The van der Waals surface area contributed by atoms with Crippen LogP contribution < -0.4 is 5.73 Å². The molecule has 0 unspecified atom stereocenters. The van der Waals surface area contributed by atoms with Crippen LogP contribution in [0.1, 0.15) is 33.0 Å². The standard InChI is InChI=1S/C14H17N3O/c1-7-5-8(2)12(14(15)18)6-11(7)13-9(3)16-10(4)17-13/h5-6H,1-4H3,(H2,15,18)(H,16,17). The highest BCUT2D eigenvalue weighted by molar-refractivity contribution is 5.96. The van der Waals surface area contributed by atoms with E-state index < -0.39 is 5.91 Å². The minimum absolute atomic E-state index is 0.400. The van der Waals surface area contributed by atoms with Gasteiger partial charge in [-0.3, -0.25) is 4.79 Å². The number of hydrogen-bond donors (Lipinski definition) is 2. The zero-order chi connectivity index (χ0) is 13.4. The molecule has 0 aliphatic carbocycles. The van der Waals surface area contributed by atoms with E-state index in [1.807, 2.05) is 39.8 Å². The fourth-order valence-electron chi connectivity index (χ4n) is 2.26. The zero-order valence-electron chi connectivity index (χ0n) is 11.1. The van der Waals surface area contributed by atoms with Gasteiger partial charge in [-0.2, -0.15) is 0 Å². The van der Waals surface area contributed by atoms with Crippen LogP contribution in [0.25, 0.3) is 11.3 Å². The number of H-pyrrole nitrogens is 1. The lowest BCUT2D eigenvalue weighted by molar-refractivity contribution is 0.1000. The van der Waals surface area contributed by atoms with Crippen molar-refractivity contribution < 1.29 is 4.79 Å². The van der Waals surface area contributed by atoms with E-state index in [0.717, 1.165) is 33.9 Å². The molecule has 0 saturated heterocycles. The fourth-order valence-corrected chi connectivity index (χ4v) is 2.26. The van der Waals surface area contributed by atoms with E-state index >= 15 is 0 Å². The van der Waals surface area contributed by atoms with E-state index in [1.54, 1.807) is 0 Å². The molecule has 0 saturated carbocycles. The summed E-state index contributed by atoms with van der Waals surface area (Å²) in [6.07, 6.45) is 0. The first-order chi connectivity index (χ1) is 8.40. The molecular formula is C14H17N3O. The van der Waals surface area contributed by atoms with Crippen molar-refractivity contribution in [2.45, 2.75) is 27.7 Å². The Morgan fingerprint density at radius 3 is 2.33 bits per heavy atom.